The average Bonchev–Trinajstić information content (AvgIpc) is 2.99. The predicted molar refractivity (Wildman–Crippen MR) is 88.6 cm³/mol. The number of thiazole rings is 1. The van der Waals surface area contributed by atoms with Crippen LogP contribution < -0.4 is 5.46 Å². The minimum absolute atomic E-state index is 0.332. The van der Waals surface area contributed by atoms with Crippen LogP contribution in [0.5, 0.6) is 0 Å². The third-order valence-corrected chi connectivity index (χ3v) is 5.38. The minimum atomic E-state index is -0.359. The molecule has 0 spiro atoms. The highest BCUT2D eigenvalue weighted by atomic mass is 32.1. The summed E-state index contributed by atoms with van der Waals surface area (Å²) in [6.07, 6.45) is 3.93. The van der Waals surface area contributed by atoms with Crippen LogP contribution in [0.1, 0.15) is 43.3 Å². The van der Waals surface area contributed by atoms with Gasteiger partial charge < -0.3 is 9.31 Å². The molecule has 0 atom stereocenters. The molecule has 3 heterocycles. The van der Waals surface area contributed by atoms with Crippen LogP contribution in [0.15, 0.2) is 12.4 Å². The molecule has 0 saturated carbocycles. The van der Waals surface area contributed by atoms with E-state index in [2.05, 4.69) is 37.8 Å². The topological polar surface area (TPSA) is 49.2 Å². The van der Waals surface area contributed by atoms with E-state index in [4.69, 9.17) is 9.31 Å². The first-order chi connectivity index (χ1) is 10.2. The first-order valence-electron chi connectivity index (χ1n) is 7.49. The Balaban J connectivity index is 1.81. The summed E-state index contributed by atoms with van der Waals surface area (Å²) in [4.78, 5) is 5.48. The smallest absolute Gasteiger partial charge is 0.399 e. The fourth-order valence-corrected chi connectivity index (χ4v) is 3.24. The first kappa shape index (κ1) is 15.7. The van der Waals surface area contributed by atoms with E-state index in [0.29, 0.717) is 0 Å². The Kier molecular flexibility index (Phi) is 3.70. The molecule has 22 heavy (non-hydrogen) atoms. The number of aryl methyl sites for hydroxylation is 2. The van der Waals surface area contributed by atoms with E-state index >= 15 is 0 Å². The number of hydrogen-bond donors (Lipinski definition) is 0. The zero-order valence-corrected chi connectivity index (χ0v) is 14.8. The van der Waals surface area contributed by atoms with Crippen molar-refractivity contribution < 1.29 is 9.31 Å². The van der Waals surface area contributed by atoms with Crippen LogP contribution in [0.25, 0.3) is 0 Å². The molecule has 0 radical (unpaired) electrons. The van der Waals surface area contributed by atoms with Crippen molar-refractivity contribution in [2.45, 2.75) is 59.3 Å². The van der Waals surface area contributed by atoms with Crippen LogP contribution in [0.3, 0.4) is 0 Å². The van der Waals surface area contributed by atoms with Crippen LogP contribution >= 0.6 is 11.3 Å². The minimum Gasteiger partial charge on any atom is -0.399 e. The first-order valence-corrected chi connectivity index (χ1v) is 8.30. The zero-order valence-electron chi connectivity index (χ0n) is 14.0. The van der Waals surface area contributed by atoms with Crippen molar-refractivity contribution in [2.75, 3.05) is 0 Å². The highest BCUT2D eigenvalue weighted by Gasteiger charge is 2.52. The summed E-state index contributed by atoms with van der Waals surface area (Å²) in [6, 6.07) is 0. The molecule has 118 valence electrons. The summed E-state index contributed by atoms with van der Waals surface area (Å²) < 4.78 is 14.2. The summed E-state index contributed by atoms with van der Waals surface area (Å²) in [5.41, 5.74) is 1.28. The molecule has 2 aromatic heterocycles. The Morgan fingerprint density at radius 1 is 1.18 bits per heavy atom. The third kappa shape index (κ3) is 2.73. The van der Waals surface area contributed by atoms with E-state index < -0.39 is 0 Å². The average molecular weight is 319 g/mol. The van der Waals surface area contributed by atoms with Crippen molar-refractivity contribution in [3.63, 3.8) is 0 Å². The predicted octanol–water partition coefficient (Wildman–Crippen LogP) is 2.30. The maximum absolute atomic E-state index is 6.11. The van der Waals surface area contributed by atoms with Gasteiger partial charge in [0.2, 0.25) is 0 Å². The Morgan fingerprint density at radius 2 is 1.82 bits per heavy atom. The summed E-state index contributed by atoms with van der Waals surface area (Å²) in [7, 11) is -0.359. The van der Waals surface area contributed by atoms with Gasteiger partial charge in [0.15, 0.2) is 0 Å². The van der Waals surface area contributed by atoms with E-state index in [9.17, 15) is 0 Å². The van der Waals surface area contributed by atoms with Crippen molar-refractivity contribution >= 4 is 23.9 Å². The molecule has 0 aromatic carbocycles. The molecule has 1 fully saturated rings. The molecule has 1 aliphatic rings. The van der Waals surface area contributed by atoms with Gasteiger partial charge in [-0.15, -0.1) is 11.3 Å². The molecule has 2 aromatic rings. The van der Waals surface area contributed by atoms with Crippen molar-refractivity contribution in [3.05, 3.63) is 28.0 Å². The van der Waals surface area contributed by atoms with Crippen LogP contribution in [0.2, 0.25) is 0 Å². The van der Waals surface area contributed by atoms with Gasteiger partial charge in [0.1, 0.15) is 0 Å². The van der Waals surface area contributed by atoms with Gasteiger partial charge in [-0.2, -0.15) is 5.10 Å². The maximum Gasteiger partial charge on any atom is 0.498 e. The number of hydrogen-bond acceptors (Lipinski definition) is 5. The lowest BCUT2D eigenvalue weighted by Gasteiger charge is -2.32. The maximum atomic E-state index is 6.11. The molecule has 0 aliphatic carbocycles. The lowest BCUT2D eigenvalue weighted by Crippen LogP contribution is -2.41. The third-order valence-electron chi connectivity index (χ3n) is 4.48. The van der Waals surface area contributed by atoms with Crippen LogP contribution in [0.4, 0.5) is 0 Å². The second-order valence-corrected chi connectivity index (χ2v) is 8.12. The fraction of sp³-hybridized carbons (Fsp3) is 0.600. The SMILES string of the molecule is Cc1ncc(Cn2cc(B3OC(C)(C)C(C)(C)O3)c(C)n2)s1. The molecule has 1 aliphatic heterocycles. The monoisotopic (exact) mass is 319 g/mol. The molecule has 5 nitrogen and oxygen atoms in total. The molecule has 0 unspecified atom stereocenters. The highest BCUT2D eigenvalue weighted by molar-refractivity contribution is 7.11. The summed E-state index contributed by atoms with van der Waals surface area (Å²) in [6.45, 7) is 13.0. The second-order valence-electron chi connectivity index (χ2n) is 6.80. The van der Waals surface area contributed by atoms with E-state index in [1.165, 1.54) is 4.88 Å². The van der Waals surface area contributed by atoms with Gasteiger partial charge >= 0.3 is 7.12 Å². The normalized spacial score (nSPS) is 19.8. The van der Waals surface area contributed by atoms with Gasteiger partial charge in [0, 0.05) is 22.7 Å². The van der Waals surface area contributed by atoms with Gasteiger partial charge in [0.05, 0.1) is 28.4 Å². The molecule has 0 bridgehead atoms. The Bertz CT molecular complexity index is 677. The standard InChI is InChI=1S/C15H22BN3O2S/c1-10-13(16-20-14(3,4)15(5,6)21-16)9-19(18-10)8-12-7-17-11(2)22-12/h7,9H,8H2,1-6H3. The molecular formula is C15H22BN3O2S. The molecule has 1 saturated heterocycles. The highest BCUT2D eigenvalue weighted by Crippen LogP contribution is 2.36. The second kappa shape index (κ2) is 5.18. The summed E-state index contributed by atoms with van der Waals surface area (Å²) >= 11 is 1.70. The molecule has 3 rings (SSSR count). The van der Waals surface area contributed by atoms with Gasteiger partial charge in [0.25, 0.3) is 0 Å². The van der Waals surface area contributed by atoms with E-state index in [1.807, 2.05) is 30.9 Å². The van der Waals surface area contributed by atoms with Crippen LogP contribution in [-0.2, 0) is 15.9 Å². The van der Waals surface area contributed by atoms with Gasteiger partial charge in [-0.3, -0.25) is 4.68 Å². The lowest BCUT2D eigenvalue weighted by atomic mass is 9.79. The Morgan fingerprint density at radius 3 is 2.36 bits per heavy atom. The molecule has 7 heteroatoms. The van der Waals surface area contributed by atoms with Crippen molar-refractivity contribution in [2.24, 2.45) is 0 Å². The number of aromatic nitrogens is 3. The van der Waals surface area contributed by atoms with E-state index in [-0.39, 0.29) is 18.3 Å². The number of rotatable bonds is 3. The summed E-state index contributed by atoms with van der Waals surface area (Å²) in [5, 5.41) is 5.66. The Hall–Kier alpha value is -1.18. The lowest BCUT2D eigenvalue weighted by molar-refractivity contribution is 0.00578. The van der Waals surface area contributed by atoms with Gasteiger partial charge in [-0.1, -0.05) is 0 Å². The molecule has 0 N–H and O–H groups in total. The van der Waals surface area contributed by atoms with Crippen LogP contribution in [0, 0.1) is 13.8 Å². The van der Waals surface area contributed by atoms with E-state index in [0.717, 1.165) is 22.7 Å². The van der Waals surface area contributed by atoms with E-state index in [1.54, 1.807) is 11.3 Å². The van der Waals surface area contributed by atoms with Crippen molar-refractivity contribution in [1.82, 2.24) is 14.8 Å². The van der Waals surface area contributed by atoms with Crippen molar-refractivity contribution in [1.29, 1.82) is 0 Å². The molecular weight excluding hydrogens is 297 g/mol. The quantitative estimate of drug-likeness (QED) is 0.815. The Labute approximate surface area is 135 Å². The fourth-order valence-electron chi connectivity index (χ4n) is 2.45. The zero-order chi connectivity index (χ0) is 16.1. The van der Waals surface area contributed by atoms with Crippen LogP contribution in [-0.4, -0.2) is 33.1 Å². The molecule has 0 amide bonds. The summed E-state index contributed by atoms with van der Waals surface area (Å²) in [5.74, 6) is 0. The number of nitrogens with zero attached hydrogens (tertiary/aromatic N) is 3. The van der Waals surface area contributed by atoms with Gasteiger partial charge in [-0.25, -0.2) is 4.98 Å². The largest absolute Gasteiger partial charge is 0.498 e. The van der Waals surface area contributed by atoms with Gasteiger partial charge in [-0.05, 0) is 41.5 Å². The van der Waals surface area contributed by atoms with Crippen molar-refractivity contribution in [3.8, 4) is 0 Å².